The van der Waals surface area contributed by atoms with Gasteiger partial charge in [-0.25, -0.2) is 0 Å². The van der Waals surface area contributed by atoms with Gasteiger partial charge in [-0.3, -0.25) is 4.79 Å². The zero-order valence-corrected chi connectivity index (χ0v) is 9.36. The molecule has 0 spiro atoms. The van der Waals surface area contributed by atoms with Gasteiger partial charge in [0.2, 0.25) is 5.91 Å². The molecule has 3 nitrogen and oxygen atoms in total. The molecule has 1 amide bonds. The minimum atomic E-state index is 0. The number of nitrogens with zero attached hydrogens (tertiary/aromatic N) is 1. The molecular weight excluding hydrogens is 314 g/mol. The van der Waals surface area contributed by atoms with E-state index in [0.29, 0.717) is 6.04 Å². The van der Waals surface area contributed by atoms with Crippen molar-refractivity contribution >= 4 is 5.91 Å². The molecule has 1 radical (unpaired) electrons. The Balaban J connectivity index is 0.000001000. The fourth-order valence-electron chi connectivity index (χ4n) is 1.18. The van der Waals surface area contributed by atoms with Gasteiger partial charge in [-0.2, -0.15) is 0 Å². The van der Waals surface area contributed by atoms with Crippen LogP contribution in [0.2, 0.25) is 0 Å². The van der Waals surface area contributed by atoms with Crippen LogP contribution in [0.1, 0.15) is 19.8 Å². The Hall–Kier alpha value is 0.0923. The van der Waals surface area contributed by atoms with Crippen molar-refractivity contribution in [3.8, 4) is 0 Å². The van der Waals surface area contributed by atoms with Crippen molar-refractivity contribution in [2.24, 2.45) is 0 Å². The first-order valence-corrected chi connectivity index (χ1v) is 3.69. The van der Waals surface area contributed by atoms with Crippen LogP contribution in [0.3, 0.4) is 0 Å². The Bertz CT molecular complexity index is 124. The van der Waals surface area contributed by atoms with Crippen molar-refractivity contribution in [3.05, 3.63) is 5.32 Å². The normalized spacial score (nSPS) is 18.6. The summed E-state index contributed by atoms with van der Waals surface area (Å²) in [5.74, 6) is 0.0758. The van der Waals surface area contributed by atoms with Crippen molar-refractivity contribution in [2.45, 2.75) is 25.8 Å². The van der Waals surface area contributed by atoms with E-state index in [1.165, 1.54) is 0 Å². The van der Waals surface area contributed by atoms with Gasteiger partial charge in [0, 0.05) is 33.4 Å². The van der Waals surface area contributed by atoms with Crippen LogP contribution in [0.25, 0.3) is 5.32 Å². The van der Waals surface area contributed by atoms with Gasteiger partial charge in [0.1, 0.15) is 0 Å². The number of nitrogens with one attached hydrogen (secondary N) is 1. The van der Waals surface area contributed by atoms with Crippen LogP contribution >= 0.6 is 0 Å². The summed E-state index contributed by atoms with van der Waals surface area (Å²) in [5, 5.41) is 7.07. The first-order chi connectivity index (χ1) is 4.79. The number of carbonyl (C=O) groups is 1. The molecule has 0 aromatic heterocycles. The number of hydrogen-bond acceptors (Lipinski definition) is 1. The first kappa shape index (κ1) is 11.1. The molecule has 1 fully saturated rings. The van der Waals surface area contributed by atoms with E-state index in [-0.39, 0.29) is 26.3 Å². The van der Waals surface area contributed by atoms with E-state index >= 15 is 0 Å². The van der Waals surface area contributed by atoms with Crippen molar-refractivity contribution in [1.29, 1.82) is 0 Å². The Kier molecular flexibility index (Phi) is 5.75. The maximum atomic E-state index is 10.6. The smallest absolute Gasteiger partial charge is 0.217 e. The molecule has 0 aromatic carbocycles. The summed E-state index contributed by atoms with van der Waals surface area (Å²) >= 11 is 0. The minimum absolute atomic E-state index is 0. The van der Waals surface area contributed by atoms with Crippen molar-refractivity contribution in [2.75, 3.05) is 13.1 Å². The van der Waals surface area contributed by atoms with Crippen molar-refractivity contribution in [1.82, 2.24) is 5.32 Å². The van der Waals surface area contributed by atoms with E-state index in [9.17, 15) is 4.79 Å². The van der Waals surface area contributed by atoms with Crippen molar-refractivity contribution in [3.63, 3.8) is 0 Å². The monoisotopic (exact) mass is 328 g/mol. The summed E-state index contributed by atoms with van der Waals surface area (Å²) in [6.07, 6.45) is 2.03. The van der Waals surface area contributed by atoms with Crippen LogP contribution in [0, 0.1) is 0 Å². The van der Waals surface area contributed by atoms with Crippen LogP contribution in [0.4, 0.5) is 0 Å². The SMILES string of the molecule is CC(=O)NC1CC[N-]CC1.[Re]. The number of amides is 1. The van der Waals surface area contributed by atoms with Crippen LogP contribution in [0.15, 0.2) is 0 Å². The molecule has 1 saturated heterocycles. The molecular formula is C7H13N2ORe-. The van der Waals surface area contributed by atoms with E-state index in [4.69, 9.17) is 0 Å². The van der Waals surface area contributed by atoms with Gasteiger partial charge >= 0.3 is 0 Å². The molecule has 11 heavy (non-hydrogen) atoms. The predicted molar refractivity (Wildman–Crippen MR) is 39.9 cm³/mol. The fraction of sp³-hybridized carbons (Fsp3) is 0.857. The Labute approximate surface area is 81.0 Å². The molecule has 0 aliphatic carbocycles. The number of rotatable bonds is 1. The first-order valence-electron chi connectivity index (χ1n) is 3.69. The maximum Gasteiger partial charge on any atom is 0.217 e. The van der Waals surface area contributed by atoms with Crippen LogP contribution < -0.4 is 5.32 Å². The summed E-state index contributed by atoms with van der Waals surface area (Å²) in [4.78, 5) is 10.6. The molecule has 0 aromatic rings. The molecule has 0 unspecified atom stereocenters. The average Bonchev–Trinajstić information content (AvgIpc) is 1.88. The average molecular weight is 327 g/mol. The Morgan fingerprint density at radius 1 is 1.45 bits per heavy atom. The van der Waals surface area contributed by atoms with Crippen LogP contribution in [-0.2, 0) is 25.2 Å². The number of piperidine rings is 1. The minimum Gasteiger partial charge on any atom is -0.662 e. The zero-order chi connectivity index (χ0) is 7.40. The molecule has 4 heteroatoms. The van der Waals surface area contributed by atoms with Crippen LogP contribution in [-0.4, -0.2) is 25.0 Å². The van der Waals surface area contributed by atoms with E-state index in [2.05, 4.69) is 10.6 Å². The molecule has 0 saturated carbocycles. The number of hydrogen-bond donors (Lipinski definition) is 1. The number of carbonyl (C=O) groups excluding carboxylic acids is 1. The molecule has 0 atom stereocenters. The van der Waals surface area contributed by atoms with Gasteiger partial charge in [-0.15, -0.1) is 13.1 Å². The second kappa shape index (κ2) is 5.71. The summed E-state index contributed by atoms with van der Waals surface area (Å²) in [6.45, 7) is 3.38. The molecule has 65 valence electrons. The molecule has 1 heterocycles. The quantitative estimate of drug-likeness (QED) is 0.755. The van der Waals surface area contributed by atoms with Gasteiger partial charge in [-0.05, 0) is 0 Å². The third-order valence-electron chi connectivity index (χ3n) is 1.68. The molecule has 1 aliphatic rings. The molecule has 1 N–H and O–H groups in total. The maximum absolute atomic E-state index is 10.6. The summed E-state index contributed by atoms with van der Waals surface area (Å²) in [6, 6.07) is 0.384. The topological polar surface area (TPSA) is 43.2 Å². The molecule has 0 bridgehead atoms. The fourth-order valence-corrected chi connectivity index (χ4v) is 1.18. The van der Waals surface area contributed by atoms with Gasteiger partial charge in [0.05, 0.1) is 0 Å². The third-order valence-corrected chi connectivity index (χ3v) is 1.68. The second-order valence-electron chi connectivity index (χ2n) is 2.65. The van der Waals surface area contributed by atoms with Gasteiger partial charge in [0.25, 0.3) is 0 Å². The van der Waals surface area contributed by atoms with Crippen molar-refractivity contribution < 1.29 is 25.2 Å². The van der Waals surface area contributed by atoms with Gasteiger partial charge in [0.15, 0.2) is 0 Å². The van der Waals surface area contributed by atoms with E-state index in [1.54, 1.807) is 6.92 Å². The summed E-state index contributed by atoms with van der Waals surface area (Å²) in [7, 11) is 0. The second-order valence-corrected chi connectivity index (χ2v) is 2.65. The largest absolute Gasteiger partial charge is 0.662 e. The van der Waals surface area contributed by atoms with Gasteiger partial charge < -0.3 is 10.6 Å². The molecule has 1 aliphatic heterocycles. The van der Waals surface area contributed by atoms with E-state index in [1.807, 2.05) is 0 Å². The van der Waals surface area contributed by atoms with Gasteiger partial charge in [-0.1, -0.05) is 12.8 Å². The molecule has 1 rings (SSSR count). The standard InChI is InChI=1S/C7H13N2O.Re/c1-6(10)9-7-2-4-8-5-3-7;/h7H,2-5H2,1H3,(H,9,10);/q-1;. The third kappa shape index (κ3) is 4.52. The van der Waals surface area contributed by atoms with E-state index < -0.39 is 0 Å². The summed E-state index contributed by atoms with van der Waals surface area (Å²) in [5.41, 5.74) is 0. The Morgan fingerprint density at radius 2 is 2.00 bits per heavy atom. The zero-order valence-electron chi connectivity index (χ0n) is 6.64. The summed E-state index contributed by atoms with van der Waals surface area (Å²) < 4.78 is 0. The van der Waals surface area contributed by atoms with Crippen LogP contribution in [0.5, 0.6) is 0 Å². The Morgan fingerprint density at radius 3 is 2.45 bits per heavy atom. The van der Waals surface area contributed by atoms with E-state index in [0.717, 1.165) is 25.9 Å². The predicted octanol–water partition coefficient (Wildman–Crippen LogP) is 0.656.